The van der Waals surface area contributed by atoms with Crippen molar-refractivity contribution < 1.29 is 80.2 Å². The predicted octanol–water partition coefficient (Wildman–Crippen LogP) is 20.8. The number of carbonyl (C=O) groups is 4. The number of hydrogen-bond donors (Lipinski definition) is 3. The molecule has 3 N–H and O–H groups in total. The number of esters is 4. The molecule has 0 radical (unpaired) electrons. The number of rotatable bonds is 71. The lowest BCUT2D eigenvalue weighted by molar-refractivity contribution is -0.161. The van der Waals surface area contributed by atoms with Gasteiger partial charge in [-0.05, 0) is 89.9 Å². The summed E-state index contributed by atoms with van der Waals surface area (Å²) in [5.74, 6) is -2.17. The Balaban J connectivity index is 5.26. The number of ether oxygens (including phenoxy) is 4. The van der Waals surface area contributed by atoms with Crippen LogP contribution in [-0.2, 0) is 65.4 Å². The van der Waals surface area contributed by atoms with Crippen LogP contribution in [0.1, 0.15) is 349 Å². The summed E-state index contributed by atoms with van der Waals surface area (Å²) in [5, 5.41) is 10.6. The number of aliphatic hydroxyl groups excluding tert-OH is 1. The molecule has 0 aliphatic carbocycles. The molecule has 540 valence electrons. The number of hydrogen-bond acceptors (Lipinski definition) is 15. The zero-order valence-corrected chi connectivity index (χ0v) is 60.5. The lowest BCUT2D eigenvalue weighted by Crippen LogP contribution is -2.30. The summed E-state index contributed by atoms with van der Waals surface area (Å²) in [5.41, 5.74) is 0. The van der Waals surface area contributed by atoms with Gasteiger partial charge in [-0.1, -0.05) is 270 Å². The average molecular weight is 1350 g/mol. The molecule has 19 heteroatoms. The predicted molar refractivity (Wildman–Crippen MR) is 372 cm³/mol. The Bertz CT molecular complexity index is 1900. The van der Waals surface area contributed by atoms with Crippen molar-refractivity contribution in [2.75, 3.05) is 39.6 Å². The second-order valence-corrected chi connectivity index (χ2v) is 28.1. The number of carbonyl (C=O) groups excluding carboxylic acids is 4. The lowest BCUT2D eigenvalue weighted by atomic mass is 10.0. The minimum Gasteiger partial charge on any atom is -0.462 e. The van der Waals surface area contributed by atoms with E-state index in [1.807, 2.05) is 0 Å². The number of aliphatic hydroxyl groups is 1. The molecular weight excluding hydrogens is 1210 g/mol. The van der Waals surface area contributed by atoms with Gasteiger partial charge >= 0.3 is 39.5 Å². The normalized spacial score (nSPS) is 14.2. The van der Waals surface area contributed by atoms with Crippen LogP contribution < -0.4 is 0 Å². The molecule has 0 rings (SSSR count). The van der Waals surface area contributed by atoms with E-state index in [2.05, 4.69) is 64.2 Å². The summed E-state index contributed by atoms with van der Waals surface area (Å²) in [6.07, 6.45) is 60.1. The highest BCUT2D eigenvalue weighted by Gasteiger charge is 2.30. The highest BCUT2D eigenvalue weighted by Crippen LogP contribution is 2.45. The summed E-state index contributed by atoms with van der Waals surface area (Å²) in [4.78, 5) is 72.6. The van der Waals surface area contributed by atoms with Crippen molar-refractivity contribution in [1.82, 2.24) is 0 Å². The summed E-state index contributed by atoms with van der Waals surface area (Å²) in [6, 6.07) is 0. The molecule has 92 heavy (non-hydrogen) atoms. The van der Waals surface area contributed by atoms with Gasteiger partial charge in [-0.3, -0.25) is 37.3 Å². The third-order valence-corrected chi connectivity index (χ3v) is 18.0. The van der Waals surface area contributed by atoms with Gasteiger partial charge in [0.1, 0.15) is 19.3 Å². The third kappa shape index (κ3) is 65.9. The van der Waals surface area contributed by atoms with Crippen LogP contribution in [0.2, 0.25) is 0 Å². The van der Waals surface area contributed by atoms with Crippen molar-refractivity contribution in [2.45, 2.75) is 367 Å². The van der Waals surface area contributed by atoms with Gasteiger partial charge in [0, 0.05) is 25.7 Å². The van der Waals surface area contributed by atoms with Gasteiger partial charge in [-0.2, -0.15) is 0 Å². The van der Waals surface area contributed by atoms with E-state index in [1.54, 1.807) is 0 Å². The molecule has 0 aliphatic rings. The Hall–Kier alpha value is -2.72. The van der Waals surface area contributed by atoms with Crippen LogP contribution in [0.5, 0.6) is 0 Å². The Morgan fingerprint density at radius 2 is 0.511 bits per heavy atom. The van der Waals surface area contributed by atoms with Gasteiger partial charge < -0.3 is 33.8 Å². The summed E-state index contributed by atoms with van der Waals surface area (Å²) in [6.45, 7) is 4.82. The number of allylic oxidation sites excluding steroid dienone is 6. The SMILES string of the molecule is CCCC/C=C\CCCCCCCC(=O)OC(COC(=O)CCCCCCC/C=C\CCCCCCCC)COP(=O)(O)OCC(O)COP(=O)(O)OCC(COC(=O)CCCCCCCCCCCCCCCCC)OC(=O)CCCCCCC/C=C\CCCC. The highest BCUT2D eigenvalue weighted by atomic mass is 31.2. The van der Waals surface area contributed by atoms with Gasteiger partial charge in [-0.15, -0.1) is 0 Å². The summed E-state index contributed by atoms with van der Waals surface area (Å²) < 4.78 is 68.3. The first-order valence-electron chi connectivity index (χ1n) is 37.2. The fourth-order valence-corrected chi connectivity index (χ4v) is 11.9. The molecule has 0 saturated carbocycles. The maximum absolute atomic E-state index is 13.0. The second-order valence-electron chi connectivity index (χ2n) is 25.2. The molecule has 17 nitrogen and oxygen atoms in total. The van der Waals surface area contributed by atoms with Crippen LogP contribution in [0, 0.1) is 0 Å². The summed E-state index contributed by atoms with van der Waals surface area (Å²) >= 11 is 0. The Labute approximate surface area is 560 Å². The Morgan fingerprint density at radius 3 is 0.783 bits per heavy atom. The van der Waals surface area contributed by atoms with Crippen LogP contribution in [-0.4, -0.2) is 96.7 Å². The molecule has 0 spiro atoms. The van der Waals surface area contributed by atoms with E-state index in [-0.39, 0.29) is 25.7 Å². The van der Waals surface area contributed by atoms with Crippen LogP contribution in [0.25, 0.3) is 0 Å². The molecule has 5 unspecified atom stereocenters. The summed E-state index contributed by atoms with van der Waals surface area (Å²) in [7, 11) is -9.92. The van der Waals surface area contributed by atoms with E-state index in [0.717, 1.165) is 135 Å². The molecule has 0 aliphatic heterocycles. The molecule has 0 aromatic carbocycles. The molecule has 0 saturated heterocycles. The van der Waals surface area contributed by atoms with E-state index >= 15 is 0 Å². The topological polar surface area (TPSA) is 237 Å². The van der Waals surface area contributed by atoms with Crippen LogP contribution in [0.3, 0.4) is 0 Å². The van der Waals surface area contributed by atoms with Crippen molar-refractivity contribution in [3.63, 3.8) is 0 Å². The van der Waals surface area contributed by atoms with E-state index in [1.165, 1.54) is 135 Å². The number of phosphoric acid groups is 2. The maximum Gasteiger partial charge on any atom is 0.472 e. The zero-order valence-electron chi connectivity index (χ0n) is 58.7. The molecule has 0 heterocycles. The monoisotopic (exact) mass is 1350 g/mol. The standard InChI is InChI=1S/C73H136O17P2/c1-5-9-13-17-21-25-29-31-33-35-39-41-45-49-53-57-70(75)83-63-68(89-72(77)59-55-51-47-43-37-27-23-19-15-11-7-3)65-87-91(79,80)85-61-67(74)62-86-92(81,82)88-66-69(90-73(78)60-56-52-48-44-38-28-24-20-16-12-8-4)64-84-71(76)58-54-50-46-42-40-36-34-32-30-26-22-18-14-10-6-2/h19-20,23-24,31,33,67-69,74H,5-18,21-22,25-30,32,34-66H2,1-4H3,(H,79,80)(H,81,82)/b23-19-,24-20-,33-31-. The van der Waals surface area contributed by atoms with E-state index in [0.29, 0.717) is 25.7 Å². The first-order chi connectivity index (χ1) is 44.7. The van der Waals surface area contributed by atoms with Crippen LogP contribution >= 0.6 is 15.6 Å². The fourth-order valence-electron chi connectivity index (χ4n) is 10.3. The second kappa shape index (κ2) is 66.9. The molecule has 0 fully saturated rings. The van der Waals surface area contributed by atoms with Crippen LogP contribution in [0.4, 0.5) is 0 Å². The molecule has 5 atom stereocenters. The van der Waals surface area contributed by atoms with E-state index in [9.17, 15) is 43.2 Å². The first kappa shape index (κ1) is 89.3. The first-order valence-corrected chi connectivity index (χ1v) is 40.2. The minimum atomic E-state index is -4.96. The fraction of sp³-hybridized carbons (Fsp3) is 0.863. The average Bonchev–Trinajstić information content (AvgIpc) is 2.46. The quantitative estimate of drug-likeness (QED) is 0.0169. The van der Waals surface area contributed by atoms with Crippen molar-refractivity contribution in [3.05, 3.63) is 36.5 Å². The maximum atomic E-state index is 13.0. The van der Waals surface area contributed by atoms with Crippen molar-refractivity contribution in [2.24, 2.45) is 0 Å². The minimum absolute atomic E-state index is 0.0884. The molecule has 0 bridgehead atoms. The van der Waals surface area contributed by atoms with Crippen LogP contribution in [0.15, 0.2) is 36.5 Å². The van der Waals surface area contributed by atoms with Gasteiger partial charge in [-0.25, -0.2) is 9.13 Å². The van der Waals surface area contributed by atoms with E-state index in [4.69, 9.17) is 37.0 Å². The van der Waals surface area contributed by atoms with Gasteiger partial charge in [0.15, 0.2) is 12.2 Å². The molecular formula is C73H136O17P2. The Morgan fingerprint density at radius 1 is 0.293 bits per heavy atom. The van der Waals surface area contributed by atoms with E-state index < -0.39 is 97.5 Å². The van der Waals surface area contributed by atoms with Gasteiger partial charge in [0.25, 0.3) is 0 Å². The number of unbranched alkanes of at least 4 members (excludes halogenated alkanes) is 39. The number of phosphoric ester groups is 2. The zero-order chi connectivity index (χ0) is 67.5. The third-order valence-electron chi connectivity index (χ3n) is 16.1. The van der Waals surface area contributed by atoms with Crippen molar-refractivity contribution in [1.29, 1.82) is 0 Å². The molecule has 0 aromatic heterocycles. The van der Waals surface area contributed by atoms with Gasteiger partial charge in [0.2, 0.25) is 0 Å². The largest absolute Gasteiger partial charge is 0.472 e. The highest BCUT2D eigenvalue weighted by molar-refractivity contribution is 7.47. The molecule has 0 aromatic rings. The molecule has 0 amide bonds. The van der Waals surface area contributed by atoms with Crippen molar-refractivity contribution in [3.8, 4) is 0 Å². The smallest absolute Gasteiger partial charge is 0.462 e. The lowest BCUT2D eigenvalue weighted by Gasteiger charge is -2.21. The Kier molecular flexibility index (Phi) is 64.9. The van der Waals surface area contributed by atoms with Gasteiger partial charge in [0.05, 0.1) is 26.4 Å². The van der Waals surface area contributed by atoms with Crippen molar-refractivity contribution >= 4 is 39.5 Å².